The van der Waals surface area contributed by atoms with Gasteiger partial charge in [0.25, 0.3) is 0 Å². The van der Waals surface area contributed by atoms with Crippen LogP contribution in [0.5, 0.6) is 0 Å². The van der Waals surface area contributed by atoms with E-state index in [4.69, 9.17) is 20.8 Å². The summed E-state index contributed by atoms with van der Waals surface area (Å²) in [5.74, 6) is -0.111. The summed E-state index contributed by atoms with van der Waals surface area (Å²) < 4.78 is 15.3. The van der Waals surface area contributed by atoms with Crippen LogP contribution >= 0.6 is 11.6 Å². The molecule has 0 amide bonds. The molecule has 0 bridgehead atoms. The molecular formula is C21H16ClNO5. The van der Waals surface area contributed by atoms with Crippen LogP contribution in [0.15, 0.2) is 65.2 Å². The minimum Gasteiger partial charge on any atom is -0.465 e. The average molecular weight is 398 g/mol. The fraction of sp³-hybridized carbons (Fsp3) is 0.0952. The maximum atomic E-state index is 11.9. The molecule has 2 aromatic carbocycles. The Morgan fingerprint density at radius 3 is 2.50 bits per heavy atom. The highest BCUT2D eigenvalue weighted by molar-refractivity contribution is 6.30. The van der Waals surface area contributed by atoms with E-state index in [-0.39, 0.29) is 12.5 Å². The second kappa shape index (κ2) is 9.01. The minimum atomic E-state index is -0.539. The molecule has 0 unspecified atom stereocenters. The van der Waals surface area contributed by atoms with Crippen molar-refractivity contribution in [2.24, 2.45) is 0 Å². The Bertz CT molecular complexity index is 990. The molecule has 0 aliphatic rings. The van der Waals surface area contributed by atoms with Crippen molar-refractivity contribution in [2.45, 2.75) is 6.61 Å². The molecule has 0 aliphatic heterocycles. The van der Waals surface area contributed by atoms with Crippen LogP contribution in [0.3, 0.4) is 0 Å². The first kappa shape index (κ1) is 19.4. The number of ether oxygens (including phenoxy) is 2. The number of hydrogen-bond acceptors (Lipinski definition) is 6. The number of methoxy groups -OCH3 is 1. The van der Waals surface area contributed by atoms with Gasteiger partial charge in [0.15, 0.2) is 12.4 Å². The molecule has 0 radical (unpaired) electrons. The molecule has 0 saturated carbocycles. The lowest BCUT2D eigenvalue weighted by Gasteiger charge is -2.00. The van der Waals surface area contributed by atoms with Crippen LogP contribution < -0.4 is 0 Å². The zero-order valence-electron chi connectivity index (χ0n) is 14.9. The molecule has 1 heterocycles. The Morgan fingerprint density at radius 1 is 1.11 bits per heavy atom. The first-order chi connectivity index (χ1) is 13.5. The standard InChI is InChI=1S/C21H16ClNO5/c1-26-21(25)16-5-2-14(3-6-16)4-11-20(24)27-13-19-23-12-18(28-19)15-7-9-17(22)10-8-15/h2-12H,13H2,1H3/b11-4+. The molecule has 142 valence electrons. The highest BCUT2D eigenvalue weighted by Crippen LogP contribution is 2.22. The van der Waals surface area contributed by atoms with E-state index in [1.165, 1.54) is 13.2 Å². The lowest BCUT2D eigenvalue weighted by Crippen LogP contribution is -2.01. The van der Waals surface area contributed by atoms with Crippen LogP contribution in [0.2, 0.25) is 5.02 Å². The molecule has 7 heteroatoms. The van der Waals surface area contributed by atoms with Gasteiger partial charge in [-0.05, 0) is 48.0 Å². The predicted molar refractivity (Wildman–Crippen MR) is 104 cm³/mol. The van der Waals surface area contributed by atoms with Crippen molar-refractivity contribution in [3.63, 3.8) is 0 Å². The maximum Gasteiger partial charge on any atom is 0.337 e. The molecule has 3 rings (SSSR count). The summed E-state index contributed by atoms with van der Waals surface area (Å²) in [4.78, 5) is 27.3. The van der Waals surface area contributed by atoms with Crippen molar-refractivity contribution in [1.29, 1.82) is 0 Å². The summed E-state index contributed by atoms with van der Waals surface area (Å²) in [5, 5.41) is 0.629. The topological polar surface area (TPSA) is 78.6 Å². The summed E-state index contributed by atoms with van der Waals surface area (Å²) in [6.07, 6.45) is 4.43. The van der Waals surface area contributed by atoms with Crippen LogP contribution in [0.25, 0.3) is 17.4 Å². The molecule has 0 N–H and O–H groups in total. The summed E-state index contributed by atoms with van der Waals surface area (Å²) in [6, 6.07) is 13.7. The molecule has 0 spiro atoms. The average Bonchev–Trinajstić information content (AvgIpc) is 3.20. The van der Waals surface area contributed by atoms with Gasteiger partial charge in [0.05, 0.1) is 18.9 Å². The number of benzene rings is 2. The molecule has 0 atom stereocenters. The van der Waals surface area contributed by atoms with Gasteiger partial charge in [-0.3, -0.25) is 0 Å². The third-order valence-electron chi connectivity index (χ3n) is 3.76. The van der Waals surface area contributed by atoms with E-state index in [1.807, 2.05) is 12.1 Å². The first-order valence-corrected chi connectivity index (χ1v) is 8.67. The van der Waals surface area contributed by atoms with E-state index in [0.717, 1.165) is 11.1 Å². The second-order valence-corrected chi connectivity index (χ2v) is 6.12. The molecule has 0 fully saturated rings. The normalized spacial score (nSPS) is 10.8. The fourth-order valence-corrected chi connectivity index (χ4v) is 2.44. The third-order valence-corrected chi connectivity index (χ3v) is 4.02. The Hall–Kier alpha value is -3.38. The number of carbonyl (C=O) groups excluding carboxylic acids is 2. The van der Waals surface area contributed by atoms with Crippen molar-refractivity contribution in [1.82, 2.24) is 4.98 Å². The Balaban J connectivity index is 1.53. The maximum absolute atomic E-state index is 11.9. The van der Waals surface area contributed by atoms with Crippen LogP contribution in [-0.4, -0.2) is 24.0 Å². The molecular weight excluding hydrogens is 382 g/mol. The van der Waals surface area contributed by atoms with Gasteiger partial charge in [-0.2, -0.15) is 0 Å². The van der Waals surface area contributed by atoms with E-state index in [0.29, 0.717) is 16.3 Å². The lowest BCUT2D eigenvalue weighted by molar-refractivity contribution is -0.139. The lowest BCUT2D eigenvalue weighted by atomic mass is 10.1. The number of hydrogen-bond donors (Lipinski definition) is 0. The number of aromatic nitrogens is 1. The van der Waals surface area contributed by atoms with Crippen LogP contribution in [0.1, 0.15) is 21.8 Å². The van der Waals surface area contributed by atoms with E-state index in [9.17, 15) is 9.59 Å². The molecule has 0 saturated heterocycles. The summed E-state index contributed by atoms with van der Waals surface area (Å²) in [6.45, 7) is -0.0853. The summed E-state index contributed by atoms with van der Waals surface area (Å²) >= 11 is 5.86. The Labute approximate surface area is 166 Å². The molecule has 3 aromatic rings. The largest absolute Gasteiger partial charge is 0.465 e. The van der Waals surface area contributed by atoms with Crippen molar-refractivity contribution >= 4 is 29.6 Å². The second-order valence-electron chi connectivity index (χ2n) is 5.68. The van der Waals surface area contributed by atoms with Crippen molar-refractivity contribution in [3.8, 4) is 11.3 Å². The number of nitrogens with zero attached hydrogens (tertiary/aromatic N) is 1. The van der Waals surface area contributed by atoms with Gasteiger partial charge in [-0.1, -0.05) is 23.7 Å². The van der Waals surface area contributed by atoms with Gasteiger partial charge < -0.3 is 13.9 Å². The van der Waals surface area contributed by atoms with Gasteiger partial charge in [0, 0.05) is 16.7 Å². The highest BCUT2D eigenvalue weighted by Gasteiger charge is 2.08. The van der Waals surface area contributed by atoms with Gasteiger partial charge >= 0.3 is 11.9 Å². The van der Waals surface area contributed by atoms with Crippen molar-refractivity contribution in [3.05, 3.63) is 82.8 Å². The quantitative estimate of drug-likeness (QED) is 0.449. The molecule has 6 nitrogen and oxygen atoms in total. The van der Waals surface area contributed by atoms with E-state index >= 15 is 0 Å². The van der Waals surface area contributed by atoms with Gasteiger partial charge in [0.1, 0.15) is 0 Å². The molecule has 28 heavy (non-hydrogen) atoms. The van der Waals surface area contributed by atoms with E-state index in [1.54, 1.807) is 48.7 Å². The van der Waals surface area contributed by atoms with Gasteiger partial charge in [-0.25, -0.2) is 14.6 Å². The van der Waals surface area contributed by atoms with Crippen molar-refractivity contribution in [2.75, 3.05) is 7.11 Å². The number of carbonyl (C=O) groups is 2. The van der Waals surface area contributed by atoms with Gasteiger partial charge in [0.2, 0.25) is 5.89 Å². The van der Waals surface area contributed by atoms with E-state index in [2.05, 4.69) is 9.72 Å². The zero-order chi connectivity index (χ0) is 19.9. The van der Waals surface area contributed by atoms with Crippen molar-refractivity contribution < 1.29 is 23.5 Å². The smallest absolute Gasteiger partial charge is 0.337 e. The molecule has 0 aliphatic carbocycles. The van der Waals surface area contributed by atoms with Gasteiger partial charge in [-0.15, -0.1) is 0 Å². The predicted octanol–water partition coefficient (Wildman–Crippen LogP) is 4.54. The van der Waals surface area contributed by atoms with Crippen LogP contribution in [0, 0.1) is 0 Å². The van der Waals surface area contributed by atoms with Crippen LogP contribution in [0.4, 0.5) is 0 Å². The van der Waals surface area contributed by atoms with E-state index < -0.39 is 11.9 Å². The number of esters is 2. The minimum absolute atomic E-state index is 0.0853. The zero-order valence-corrected chi connectivity index (χ0v) is 15.7. The summed E-state index contributed by atoms with van der Waals surface area (Å²) in [7, 11) is 1.32. The monoisotopic (exact) mass is 397 g/mol. The summed E-state index contributed by atoms with van der Waals surface area (Å²) in [5.41, 5.74) is 2.00. The van der Waals surface area contributed by atoms with Crippen LogP contribution in [-0.2, 0) is 20.9 Å². The Kier molecular flexibility index (Phi) is 6.24. The first-order valence-electron chi connectivity index (χ1n) is 8.29. The Morgan fingerprint density at radius 2 is 1.82 bits per heavy atom. The number of rotatable bonds is 6. The fourth-order valence-electron chi connectivity index (χ4n) is 2.32. The number of halogens is 1. The highest BCUT2D eigenvalue weighted by atomic mass is 35.5. The SMILES string of the molecule is COC(=O)c1ccc(/C=C/C(=O)OCc2ncc(-c3ccc(Cl)cc3)o2)cc1. The molecule has 1 aromatic heterocycles. The third kappa shape index (κ3) is 5.08. The number of oxazole rings is 1.